The number of rotatable bonds is 2. The Morgan fingerprint density at radius 3 is 2.41 bits per heavy atom. The first kappa shape index (κ1) is 11.8. The molecule has 2 aliphatic heterocycles. The van der Waals surface area contributed by atoms with E-state index in [1.165, 1.54) is 7.05 Å². The molecule has 94 valence electrons. The quantitative estimate of drug-likeness (QED) is 0.573. The minimum atomic E-state index is -0.764. The van der Waals surface area contributed by atoms with Gasteiger partial charge in [-0.3, -0.25) is 19.4 Å². The number of nitrogens with two attached hydrogens (primary N) is 1. The van der Waals surface area contributed by atoms with Gasteiger partial charge in [0, 0.05) is 20.1 Å². The van der Waals surface area contributed by atoms with Gasteiger partial charge in [-0.15, -0.1) is 0 Å². The number of urea groups is 1. The smallest absolute Gasteiger partial charge is 0.324 e. The van der Waals surface area contributed by atoms with Gasteiger partial charge in [-0.05, 0) is 12.8 Å². The van der Waals surface area contributed by atoms with Crippen LogP contribution in [-0.4, -0.2) is 59.9 Å². The number of piperidine rings is 1. The number of carbonyl (C=O) groups excluding carboxylic acids is 3. The highest BCUT2D eigenvalue weighted by molar-refractivity contribution is 6.06. The Kier molecular flexibility index (Phi) is 2.78. The Morgan fingerprint density at radius 1 is 1.41 bits per heavy atom. The fourth-order valence-electron chi connectivity index (χ4n) is 2.41. The molecule has 2 fully saturated rings. The Bertz CT molecular complexity index is 374. The molecule has 0 bridgehead atoms. The van der Waals surface area contributed by atoms with Crippen molar-refractivity contribution in [1.82, 2.24) is 15.1 Å². The predicted octanol–water partition coefficient (Wildman–Crippen LogP) is -1.51. The van der Waals surface area contributed by atoms with Crippen molar-refractivity contribution < 1.29 is 14.4 Å². The third-order valence-electron chi connectivity index (χ3n) is 3.45. The van der Waals surface area contributed by atoms with Crippen LogP contribution in [0.15, 0.2) is 0 Å². The Labute approximate surface area is 98.9 Å². The Hall–Kier alpha value is -1.63. The highest BCUT2D eigenvalue weighted by Crippen LogP contribution is 2.28. The highest BCUT2D eigenvalue weighted by Gasteiger charge is 2.50. The molecule has 0 saturated carbocycles. The molecular weight excluding hydrogens is 224 g/mol. The third-order valence-corrected chi connectivity index (χ3v) is 3.45. The zero-order chi connectivity index (χ0) is 12.6. The molecule has 0 atom stereocenters. The minimum absolute atomic E-state index is 0.179. The lowest BCUT2D eigenvalue weighted by Gasteiger charge is -2.36. The maximum absolute atomic E-state index is 12.0. The molecule has 0 radical (unpaired) electrons. The fourth-order valence-corrected chi connectivity index (χ4v) is 2.41. The average Bonchev–Trinajstić information content (AvgIpc) is 2.47. The molecule has 17 heavy (non-hydrogen) atoms. The zero-order valence-corrected chi connectivity index (χ0v) is 9.73. The van der Waals surface area contributed by atoms with Gasteiger partial charge in [0.15, 0.2) is 0 Å². The molecule has 0 aromatic carbocycles. The maximum atomic E-state index is 12.0. The summed E-state index contributed by atoms with van der Waals surface area (Å²) >= 11 is 0. The van der Waals surface area contributed by atoms with Gasteiger partial charge in [-0.25, -0.2) is 4.79 Å². The molecule has 2 saturated heterocycles. The van der Waals surface area contributed by atoms with Crippen LogP contribution in [0.1, 0.15) is 12.8 Å². The summed E-state index contributed by atoms with van der Waals surface area (Å²) in [6.07, 6.45) is 1.05. The largest absolute Gasteiger partial charge is 0.369 e. The van der Waals surface area contributed by atoms with Crippen molar-refractivity contribution in [2.75, 3.05) is 26.7 Å². The predicted molar refractivity (Wildman–Crippen MR) is 58.9 cm³/mol. The number of primary amides is 1. The first-order valence-corrected chi connectivity index (χ1v) is 5.55. The first-order chi connectivity index (χ1) is 7.94. The number of hydrogen-bond acceptors (Lipinski definition) is 4. The van der Waals surface area contributed by atoms with Crippen molar-refractivity contribution in [3.63, 3.8) is 0 Å². The minimum Gasteiger partial charge on any atom is -0.369 e. The van der Waals surface area contributed by atoms with Gasteiger partial charge >= 0.3 is 6.03 Å². The van der Waals surface area contributed by atoms with Crippen LogP contribution in [-0.2, 0) is 9.59 Å². The van der Waals surface area contributed by atoms with Crippen LogP contribution in [0.2, 0.25) is 0 Å². The second-order valence-electron chi connectivity index (χ2n) is 4.62. The van der Waals surface area contributed by atoms with Gasteiger partial charge in [0.1, 0.15) is 5.54 Å². The van der Waals surface area contributed by atoms with E-state index in [0.717, 1.165) is 4.90 Å². The monoisotopic (exact) mass is 240 g/mol. The lowest BCUT2D eigenvalue weighted by atomic mass is 9.87. The molecule has 1 spiro atoms. The van der Waals surface area contributed by atoms with Crippen LogP contribution < -0.4 is 11.1 Å². The Morgan fingerprint density at radius 2 is 2.00 bits per heavy atom. The van der Waals surface area contributed by atoms with Gasteiger partial charge in [-0.2, -0.15) is 0 Å². The Balaban J connectivity index is 2.01. The fraction of sp³-hybridized carbons (Fsp3) is 0.700. The normalized spacial score (nSPS) is 24.2. The van der Waals surface area contributed by atoms with Crippen molar-refractivity contribution in [2.45, 2.75) is 18.4 Å². The standard InChI is InChI=1S/C10H16N4O3/c1-13-8(16)10(12-9(13)17)2-4-14(5-3-10)6-7(11)15/h2-6H2,1H3,(H2,11,15)(H,12,17). The number of likely N-dealkylation sites (tertiary alicyclic amines) is 1. The highest BCUT2D eigenvalue weighted by atomic mass is 16.2. The number of amides is 4. The van der Waals surface area contributed by atoms with E-state index in [4.69, 9.17) is 5.73 Å². The van der Waals surface area contributed by atoms with Crippen molar-refractivity contribution in [3.8, 4) is 0 Å². The molecule has 0 aliphatic carbocycles. The van der Waals surface area contributed by atoms with E-state index in [-0.39, 0.29) is 24.4 Å². The summed E-state index contributed by atoms with van der Waals surface area (Å²) in [4.78, 5) is 37.2. The van der Waals surface area contributed by atoms with Crippen LogP contribution in [0.25, 0.3) is 0 Å². The lowest BCUT2D eigenvalue weighted by Crippen LogP contribution is -2.55. The molecule has 2 aliphatic rings. The summed E-state index contributed by atoms with van der Waals surface area (Å²) in [5, 5.41) is 2.74. The third kappa shape index (κ3) is 1.97. The van der Waals surface area contributed by atoms with Gasteiger partial charge in [0.25, 0.3) is 5.91 Å². The second kappa shape index (κ2) is 3.99. The second-order valence-corrected chi connectivity index (χ2v) is 4.62. The van der Waals surface area contributed by atoms with Crippen LogP contribution in [0, 0.1) is 0 Å². The molecule has 0 aromatic heterocycles. The molecule has 7 nitrogen and oxygen atoms in total. The van der Waals surface area contributed by atoms with E-state index < -0.39 is 5.54 Å². The number of likely N-dealkylation sites (N-methyl/N-ethyl adjacent to an activating group) is 1. The molecule has 7 heteroatoms. The molecular formula is C10H16N4O3. The summed E-state index contributed by atoms with van der Waals surface area (Å²) in [6.45, 7) is 1.37. The van der Waals surface area contributed by atoms with Gasteiger partial charge in [-0.1, -0.05) is 0 Å². The van der Waals surface area contributed by atoms with Gasteiger partial charge in [0.2, 0.25) is 5.91 Å². The maximum Gasteiger partial charge on any atom is 0.324 e. The van der Waals surface area contributed by atoms with Crippen molar-refractivity contribution >= 4 is 17.8 Å². The molecule has 4 amide bonds. The molecule has 2 rings (SSSR count). The average molecular weight is 240 g/mol. The lowest BCUT2D eigenvalue weighted by molar-refractivity contribution is -0.132. The van der Waals surface area contributed by atoms with Crippen molar-refractivity contribution in [3.05, 3.63) is 0 Å². The number of nitrogens with zero attached hydrogens (tertiary/aromatic N) is 2. The van der Waals surface area contributed by atoms with Gasteiger partial charge < -0.3 is 11.1 Å². The van der Waals surface area contributed by atoms with Gasteiger partial charge in [0.05, 0.1) is 6.54 Å². The number of imide groups is 1. The van der Waals surface area contributed by atoms with E-state index in [0.29, 0.717) is 25.9 Å². The summed E-state index contributed by atoms with van der Waals surface area (Å²) in [6, 6.07) is -0.349. The number of carbonyl (C=O) groups is 3. The number of hydrogen-bond donors (Lipinski definition) is 2. The summed E-state index contributed by atoms with van der Waals surface area (Å²) in [5.41, 5.74) is 4.35. The van der Waals surface area contributed by atoms with Crippen molar-refractivity contribution in [1.29, 1.82) is 0 Å². The molecule has 0 unspecified atom stereocenters. The van der Waals surface area contributed by atoms with Crippen LogP contribution in [0.5, 0.6) is 0 Å². The zero-order valence-electron chi connectivity index (χ0n) is 9.73. The molecule has 0 aromatic rings. The topological polar surface area (TPSA) is 95.7 Å². The van der Waals surface area contributed by atoms with E-state index in [9.17, 15) is 14.4 Å². The number of nitrogens with one attached hydrogen (secondary N) is 1. The van der Waals surface area contributed by atoms with Crippen LogP contribution in [0.4, 0.5) is 4.79 Å². The van der Waals surface area contributed by atoms with Crippen molar-refractivity contribution in [2.24, 2.45) is 5.73 Å². The SMILES string of the molecule is CN1C(=O)NC2(CCN(CC(N)=O)CC2)C1=O. The summed E-state index contributed by atoms with van der Waals surface area (Å²) in [7, 11) is 1.47. The summed E-state index contributed by atoms with van der Waals surface area (Å²) in [5.74, 6) is -0.555. The van der Waals surface area contributed by atoms with Crippen LogP contribution in [0.3, 0.4) is 0 Å². The van der Waals surface area contributed by atoms with E-state index in [1.54, 1.807) is 0 Å². The van der Waals surface area contributed by atoms with E-state index >= 15 is 0 Å². The van der Waals surface area contributed by atoms with Crippen LogP contribution >= 0.6 is 0 Å². The molecule has 2 heterocycles. The molecule has 3 N–H and O–H groups in total. The summed E-state index contributed by atoms with van der Waals surface area (Å²) < 4.78 is 0. The van der Waals surface area contributed by atoms with E-state index in [1.807, 2.05) is 4.90 Å². The first-order valence-electron chi connectivity index (χ1n) is 5.55. The van der Waals surface area contributed by atoms with E-state index in [2.05, 4.69) is 5.32 Å².